The molecule has 0 atom stereocenters. The third-order valence-corrected chi connectivity index (χ3v) is 3.53. The first-order chi connectivity index (χ1) is 8.86. The summed E-state index contributed by atoms with van der Waals surface area (Å²) in [4.78, 5) is 12.2. The van der Waals surface area contributed by atoms with Gasteiger partial charge in [0.1, 0.15) is 5.76 Å². The van der Waals surface area contributed by atoms with Crippen molar-refractivity contribution in [3.8, 4) is 0 Å². The van der Waals surface area contributed by atoms with Gasteiger partial charge in [-0.3, -0.25) is 4.79 Å². The Morgan fingerprint density at radius 1 is 1.17 bits per heavy atom. The summed E-state index contributed by atoms with van der Waals surface area (Å²) in [5, 5.41) is 2.18. The molecule has 0 saturated heterocycles. The molecule has 18 heavy (non-hydrogen) atoms. The van der Waals surface area contributed by atoms with E-state index in [1.54, 1.807) is 6.26 Å². The van der Waals surface area contributed by atoms with Crippen LogP contribution in [0.15, 0.2) is 48.3 Å². The lowest BCUT2D eigenvalue weighted by molar-refractivity contribution is -0.112. The van der Waals surface area contributed by atoms with Crippen LogP contribution >= 0.6 is 0 Å². The quantitative estimate of drug-likeness (QED) is 0.678. The fraction of sp³-hybridized carbons (Fsp3) is 0.0625. The van der Waals surface area contributed by atoms with E-state index in [2.05, 4.69) is 6.07 Å². The Labute approximate surface area is 104 Å². The number of carbonyl (C=O) groups is 1. The van der Waals surface area contributed by atoms with Gasteiger partial charge < -0.3 is 4.74 Å². The van der Waals surface area contributed by atoms with Gasteiger partial charge in [0.25, 0.3) is 0 Å². The monoisotopic (exact) mass is 234 g/mol. The van der Waals surface area contributed by atoms with Crippen molar-refractivity contribution in [1.29, 1.82) is 0 Å². The van der Waals surface area contributed by atoms with Gasteiger partial charge in [-0.1, -0.05) is 36.4 Å². The Bertz CT molecular complexity index is 789. The van der Waals surface area contributed by atoms with Crippen molar-refractivity contribution in [1.82, 2.24) is 0 Å². The number of ketones is 1. The molecule has 3 aliphatic rings. The summed E-state index contributed by atoms with van der Waals surface area (Å²) < 4.78 is 5.67. The highest BCUT2D eigenvalue weighted by atomic mass is 16.5. The molecule has 0 bridgehead atoms. The first kappa shape index (κ1) is 9.66. The summed E-state index contributed by atoms with van der Waals surface area (Å²) >= 11 is 0. The van der Waals surface area contributed by atoms with Crippen molar-refractivity contribution in [2.45, 2.75) is 6.42 Å². The van der Waals surface area contributed by atoms with Crippen LogP contribution in [0.3, 0.4) is 0 Å². The van der Waals surface area contributed by atoms with E-state index in [1.807, 2.05) is 36.4 Å². The number of Topliss-reactive ketones (excluding diaryl/α,β-unsaturated/α-hetero) is 1. The zero-order valence-electron chi connectivity index (χ0n) is 9.64. The van der Waals surface area contributed by atoms with E-state index < -0.39 is 0 Å². The molecule has 0 saturated carbocycles. The fourth-order valence-corrected chi connectivity index (χ4v) is 2.79. The van der Waals surface area contributed by atoms with E-state index in [-0.39, 0.29) is 5.78 Å². The second-order valence-corrected chi connectivity index (χ2v) is 4.52. The third kappa shape index (κ3) is 1.10. The Balaban J connectivity index is 2.18. The minimum Gasteiger partial charge on any atom is -0.464 e. The maximum Gasteiger partial charge on any atom is 0.168 e. The number of fused-ring (bicyclic) bond motifs is 2. The molecule has 0 unspecified atom stereocenters. The number of allylic oxidation sites excluding steroid dienone is 4. The average Bonchev–Trinajstić information content (AvgIpc) is 2.57. The lowest BCUT2D eigenvalue weighted by Crippen LogP contribution is -2.33. The largest absolute Gasteiger partial charge is 0.464 e. The minimum atomic E-state index is 0.176. The number of benzene rings is 1. The number of hydrogen-bond donors (Lipinski definition) is 0. The summed E-state index contributed by atoms with van der Waals surface area (Å²) in [6.45, 7) is 0. The second kappa shape index (κ2) is 3.33. The lowest BCUT2D eigenvalue weighted by atomic mass is 9.95. The van der Waals surface area contributed by atoms with E-state index in [0.717, 1.165) is 32.9 Å². The molecular formula is C16H10O2. The Morgan fingerprint density at radius 3 is 3.06 bits per heavy atom. The maximum atomic E-state index is 12.2. The molecule has 2 heteroatoms. The zero-order valence-corrected chi connectivity index (χ0v) is 9.64. The molecule has 4 rings (SSSR count). The van der Waals surface area contributed by atoms with Crippen molar-refractivity contribution in [3.63, 3.8) is 0 Å². The Kier molecular flexibility index (Phi) is 1.78. The van der Waals surface area contributed by atoms with Gasteiger partial charge in [0.2, 0.25) is 0 Å². The summed E-state index contributed by atoms with van der Waals surface area (Å²) in [6.07, 6.45) is 9.83. The van der Waals surface area contributed by atoms with Crippen molar-refractivity contribution >= 4 is 23.2 Å². The van der Waals surface area contributed by atoms with Gasteiger partial charge in [-0.15, -0.1) is 0 Å². The molecule has 0 radical (unpaired) electrons. The van der Waals surface area contributed by atoms with Crippen LogP contribution in [0.25, 0.3) is 17.4 Å². The normalized spacial score (nSPS) is 19.1. The Hall–Kier alpha value is -2.35. The predicted octanol–water partition coefficient (Wildman–Crippen LogP) is 1.42. The van der Waals surface area contributed by atoms with Gasteiger partial charge in [-0.25, -0.2) is 0 Å². The molecule has 86 valence electrons. The predicted molar refractivity (Wildman–Crippen MR) is 69.5 cm³/mol. The molecule has 2 nitrogen and oxygen atoms in total. The second-order valence-electron chi connectivity index (χ2n) is 4.52. The molecule has 0 N–H and O–H groups in total. The van der Waals surface area contributed by atoms with E-state index in [0.29, 0.717) is 6.42 Å². The minimum absolute atomic E-state index is 0.176. The summed E-state index contributed by atoms with van der Waals surface area (Å²) in [5.74, 6) is 0.977. The highest BCUT2D eigenvalue weighted by Crippen LogP contribution is 2.33. The number of hydrogen-bond acceptors (Lipinski definition) is 2. The highest BCUT2D eigenvalue weighted by Gasteiger charge is 2.29. The molecular weight excluding hydrogens is 224 g/mol. The van der Waals surface area contributed by atoms with Crippen LogP contribution in [0.1, 0.15) is 12.0 Å². The van der Waals surface area contributed by atoms with Crippen LogP contribution in [-0.4, -0.2) is 5.78 Å². The average molecular weight is 234 g/mol. The molecule has 1 heterocycles. The van der Waals surface area contributed by atoms with Crippen molar-refractivity contribution in [3.05, 3.63) is 64.3 Å². The maximum absolute atomic E-state index is 12.2. The third-order valence-electron chi connectivity index (χ3n) is 3.53. The SMILES string of the molecule is O=C1CC=c2cccc3c2=C1C1=C3OC=CC=C1. The van der Waals surface area contributed by atoms with Crippen LogP contribution in [0.5, 0.6) is 0 Å². The van der Waals surface area contributed by atoms with E-state index in [9.17, 15) is 4.79 Å². The van der Waals surface area contributed by atoms with Gasteiger partial charge in [0.15, 0.2) is 5.78 Å². The van der Waals surface area contributed by atoms with Crippen LogP contribution in [-0.2, 0) is 9.53 Å². The molecule has 0 spiro atoms. The van der Waals surface area contributed by atoms with Gasteiger partial charge in [-0.05, 0) is 11.3 Å². The molecule has 1 aromatic carbocycles. The summed E-state index contributed by atoms with van der Waals surface area (Å²) in [7, 11) is 0. The molecule has 0 aromatic heterocycles. The van der Waals surface area contributed by atoms with E-state index in [4.69, 9.17) is 4.74 Å². The summed E-state index contributed by atoms with van der Waals surface area (Å²) in [5.41, 5.74) is 2.76. The van der Waals surface area contributed by atoms with E-state index in [1.165, 1.54) is 0 Å². The Morgan fingerprint density at radius 2 is 2.11 bits per heavy atom. The van der Waals surface area contributed by atoms with Gasteiger partial charge in [0.05, 0.1) is 6.26 Å². The lowest BCUT2D eigenvalue weighted by Gasteiger charge is -2.06. The number of carbonyl (C=O) groups excluding carboxylic acids is 1. The highest BCUT2D eigenvalue weighted by molar-refractivity contribution is 6.26. The fourth-order valence-electron chi connectivity index (χ4n) is 2.79. The van der Waals surface area contributed by atoms with Crippen LogP contribution in [0, 0.1) is 0 Å². The number of ether oxygens (including phenoxy) is 1. The van der Waals surface area contributed by atoms with Crippen LogP contribution in [0.2, 0.25) is 0 Å². The van der Waals surface area contributed by atoms with Crippen LogP contribution < -0.4 is 10.4 Å². The van der Waals surface area contributed by atoms with Gasteiger partial charge >= 0.3 is 0 Å². The molecule has 2 aliphatic carbocycles. The van der Waals surface area contributed by atoms with Crippen molar-refractivity contribution < 1.29 is 9.53 Å². The molecule has 0 amide bonds. The molecule has 1 aliphatic heterocycles. The molecule has 0 fully saturated rings. The van der Waals surface area contributed by atoms with Gasteiger partial charge in [0, 0.05) is 28.3 Å². The first-order valence-electron chi connectivity index (χ1n) is 5.98. The summed E-state index contributed by atoms with van der Waals surface area (Å²) in [6, 6.07) is 6.08. The smallest absolute Gasteiger partial charge is 0.168 e. The number of rotatable bonds is 0. The first-order valence-corrected chi connectivity index (χ1v) is 5.98. The van der Waals surface area contributed by atoms with Crippen LogP contribution in [0.4, 0.5) is 0 Å². The molecule has 1 aromatic rings. The topological polar surface area (TPSA) is 26.3 Å². The van der Waals surface area contributed by atoms with E-state index >= 15 is 0 Å². The standard InChI is InChI=1S/C16H10O2/c17-13-8-7-10-4-3-6-11-14(10)15(13)12-5-1-2-9-18-16(11)12/h1-7,9H,8H2. The van der Waals surface area contributed by atoms with Crippen molar-refractivity contribution in [2.75, 3.05) is 0 Å². The van der Waals surface area contributed by atoms with Crippen molar-refractivity contribution in [2.24, 2.45) is 0 Å². The van der Waals surface area contributed by atoms with Gasteiger partial charge in [-0.2, -0.15) is 0 Å². The zero-order chi connectivity index (χ0) is 12.1.